The number of aliphatic imine (C=N–C) groups is 1. The maximum atomic E-state index is 5.67. The van der Waals surface area contributed by atoms with Gasteiger partial charge in [0.1, 0.15) is 12.4 Å². The summed E-state index contributed by atoms with van der Waals surface area (Å²) in [6.45, 7) is 4.60. The van der Waals surface area contributed by atoms with Crippen LogP contribution < -0.4 is 24.8 Å². The van der Waals surface area contributed by atoms with Gasteiger partial charge in [0.2, 0.25) is 6.79 Å². The molecule has 0 amide bonds. The Morgan fingerprint density at radius 2 is 2.00 bits per heavy atom. The first-order valence-corrected chi connectivity index (χ1v) is 7.30. The summed E-state index contributed by atoms with van der Waals surface area (Å²) in [5.74, 6) is 3.08. The van der Waals surface area contributed by atoms with Gasteiger partial charge in [-0.15, -0.1) is 24.0 Å². The van der Waals surface area contributed by atoms with E-state index in [1.807, 2.05) is 18.2 Å². The van der Waals surface area contributed by atoms with Crippen LogP contribution in [0.15, 0.2) is 23.2 Å². The van der Waals surface area contributed by atoms with Crippen LogP contribution in [0.2, 0.25) is 0 Å². The normalized spacial score (nSPS) is 12.5. The lowest BCUT2D eigenvalue weighted by Gasteiger charge is -2.12. The molecule has 1 aliphatic rings. The highest BCUT2D eigenvalue weighted by Gasteiger charge is 2.13. The highest BCUT2D eigenvalue weighted by atomic mass is 127. The number of rotatable bonds is 7. The van der Waals surface area contributed by atoms with E-state index in [0.29, 0.717) is 13.2 Å². The zero-order valence-corrected chi connectivity index (χ0v) is 15.4. The molecule has 124 valence electrons. The van der Waals surface area contributed by atoms with Crippen molar-refractivity contribution < 1.29 is 14.2 Å². The maximum absolute atomic E-state index is 5.67. The lowest BCUT2D eigenvalue weighted by molar-refractivity contribution is 0.173. The van der Waals surface area contributed by atoms with Gasteiger partial charge in [-0.3, -0.25) is 4.99 Å². The minimum atomic E-state index is 0. The first kappa shape index (κ1) is 18.7. The SMILES string of the molecule is CCCCNC(=NC)NCCOc1ccc2c(c1)OCO2.I. The van der Waals surface area contributed by atoms with E-state index >= 15 is 0 Å². The van der Waals surface area contributed by atoms with E-state index in [-0.39, 0.29) is 30.8 Å². The second kappa shape index (κ2) is 10.4. The fraction of sp³-hybridized carbons (Fsp3) is 0.533. The molecule has 1 aliphatic heterocycles. The molecule has 1 heterocycles. The summed E-state index contributed by atoms with van der Waals surface area (Å²) in [7, 11) is 1.76. The van der Waals surface area contributed by atoms with Gasteiger partial charge in [-0.1, -0.05) is 13.3 Å². The van der Waals surface area contributed by atoms with Crippen LogP contribution in [0.4, 0.5) is 0 Å². The van der Waals surface area contributed by atoms with Crippen LogP contribution in [0.5, 0.6) is 17.2 Å². The Morgan fingerprint density at radius 1 is 1.23 bits per heavy atom. The highest BCUT2D eigenvalue weighted by molar-refractivity contribution is 14.0. The fourth-order valence-corrected chi connectivity index (χ4v) is 1.91. The Labute approximate surface area is 148 Å². The van der Waals surface area contributed by atoms with Gasteiger partial charge in [-0.25, -0.2) is 0 Å². The molecule has 2 N–H and O–H groups in total. The summed E-state index contributed by atoms with van der Waals surface area (Å²) >= 11 is 0. The number of nitrogens with one attached hydrogen (secondary N) is 2. The molecule has 0 saturated heterocycles. The molecule has 22 heavy (non-hydrogen) atoms. The van der Waals surface area contributed by atoms with Gasteiger partial charge >= 0.3 is 0 Å². The third-order valence-corrected chi connectivity index (χ3v) is 3.05. The van der Waals surface area contributed by atoms with Gasteiger partial charge in [-0.2, -0.15) is 0 Å². The van der Waals surface area contributed by atoms with E-state index in [1.165, 1.54) is 0 Å². The van der Waals surface area contributed by atoms with E-state index < -0.39 is 0 Å². The molecule has 0 saturated carbocycles. The van der Waals surface area contributed by atoms with E-state index in [4.69, 9.17) is 14.2 Å². The lowest BCUT2D eigenvalue weighted by Crippen LogP contribution is -2.39. The average Bonchev–Trinajstić information content (AvgIpc) is 2.97. The highest BCUT2D eigenvalue weighted by Crippen LogP contribution is 2.34. The Morgan fingerprint density at radius 3 is 2.77 bits per heavy atom. The van der Waals surface area contributed by atoms with E-state index in [1.54, 1.807) is 7.05 Å². The molecule has 1 aromatic rings. The van der Waals surface area contributed by atoms with Crippen LogP contribution in [0, 0.1) is 0 Å². The minimum absolute atomic E-state index is 0. The maximum Gasteiger partial charge on any atom is 0.231 e. The van der Waals surface area contributed by atoms with Crippen molar-refractivity contribution in [1.29, 1.82) is 0 Å². The number of unbranched alkanes of at least 4 members (excludes halogenated alkanes) is 1. The number of guanidine groups is 1. The average molecular weight is 421 g/mol. The zero-order valence-electron chi connectivity index (χ0n) is 13.1. The lowest BCUT2D eigenvalue weighted by atomic mass is 10.3. The number of nitrogens with zero attached hydrogens (tertiary/aromatic N) is 1. The molecule has 0 aliphatic carbocycles. The number of halogens is 1. The molecule has 7 heteroatoms. The molecule has 0 unspecified atom stereocenters. The molecule has 0 bridgehead atoms. The molecule has 0 radical (unpaired) electrons. The largest absolute Gasteiger partial charge is 0.492 e. The summed E-state index contributed by atoms with van der Waals surface area (Å²) in [5.41, 5.74) is 0. The molecule has 0 spiro atoms. The smallest absolute Gasteiger partial charge is 0.231 e. The Hall–Kier alpha value is -1.38. The number of fused-ring (bicyclic) bond motifs is 1. The topological polar surface area (TPSA) is 64.1 Å². The van der Waals surface area contributed by atoms with Crippen molar-refractivity contribution in [3.05, 3.63) is 18.2 Å². The predicted octanol–water partition coefficient (Wildman–Crippen LogP) is 2.38. The molecule has 0 aromatic heterocycles. The summed E-state index contributed by atoms with van der Waals surface area (Å²) in [6, 6.07) is 5.58. The molecular formula is C15H24IN3O3. The quantitative estimate of drug-likeness (QED) is 0.307. The number of ether oxygens (including phenoxy) is 3. The van der Waals surface area contributed by atoms with E-state index in [2.05, 4.69) is 22.5 Å². The molecule has 2 rings (SSSR count). The van der Waals surface area contributed by atoms with Crippen LogP contribution in [-0.4, -0.2) is 39.5 Å². The number of hydrogen-bond acceptors (Lipinski definition) is 4. The summed E-state index contributed by atoms with van der Waals surface area (Å²) < 4.78 is 16.2. The Kier molecular flexibility index (Phi) is 8.79. The van der Waals surface area contributed by atoms with E-state index in [9.17, 15) is 0 Å². The molecule has 0 atom stereocenters. The van der Waals surface area contributed by atoms with Crippen molar-refractivity contribution in [1.82, 2.24) is 10.6 Å². The van der Waals surface area contributed by atoms with E-state index in [0.717, 1.165) is 42.6 Å². The first-order valence-electron chi connectivity index (χ1n) is 7.30. The van der Waals surface area contributed by atoms with Crippen LogP contribution in [-0.2, 0) is 0 Å². The molecular weight excluding hydrogens is 397 g/mol. The standard InChI is InChI=1S/C15H23N3O3.HI/c1-3-4-7-17-15(16-2)18-8-9-19-12-5-6-13-14(10-12)21-11-20-13;/h5-6,10H,3-4,7-9,11H2,1-2H3,(H2,16,17,18);1H. The zero-order chi connectivity index (χ0) is 14.9. The monoisotopic (exact) mass is 421 g/mol. The summed E-state index contributed by atoms with van der Waals surface area (Å²) in [4.78, 5) is 4.15. The van der Waals surface area contributed by atoms with Crippen LogP contribution >= 0.6 is 24.0 Å². The van der Waals surface area contributed by atoms with Crippen LogP contribution in [0.3, 0.4) is 0 Å². The number of benzene rings is 1. The van der Waals surface area contributed by atoms with Crippen molar-refractivity contribution >= 4 is 29.9 Å². The van der Waals surface area contributed by atoms with Crippen LogP contribution in [0.25, 0.3) is 0 Å². The van der Waals surface area contributed by atoms with Crippen molar-refractivity contribution in [2.45, 2.75) is 19.8 Å². The van der Waals surface area contributed by atoms with Gasteiger partial charge in [0.05, 0.1) is 6.54 Å². The summed E-state index contributed by atoms with van der Waals surface area (Å²) in [6.07, 6.45) is 2.30. The fourth-order valence-electron chi connectivity index (χ4n) is 1.91. The van der Waals surface area contributed by atoms with Gasteiger partial charge < -0.3 is 24.8 Å². The summed E-state index contributed by atoms with van der Waals surface area (Å²) in [5, 5.41) is 6.46. The Balaban J connectivity index is 0.00000242. The van der Waals surface area contributed by atoms with Crippen LogP contribution in [0.1, 0.15) is 19.8 Å². The van der Waals surface area contributed by atoms with Gasteiger partial charge in [0.15, 0.2) is 17.5 Å². The predicted molar refractivity (Wildman–Crippen MR) is 97.7 cm³/mol. The third kappa shape index (κ3) is 5.78. The van der Waals surface area contributed by atoms with Crippen molar-refractivity contribution in [2.75, 3.05) is 33.5 Å². The second-order valence-corrected chi connectivity index (χ2v) is 4.64. The second-order valence-electron chi connectivity index (χ2n) is 4.64. The Bertz CT molecular complexity index is 483. The minimum Gasteiger partial charge on any atom is -0.492 e. The van der Waals surface area contributed by atoms with Crippen molar-refractivity contribution in [3.63, 3.8) is 0 Å². The number of hydrogen-bond donors (Lipinski definition) is 2. The van der Waals surface area contributed by atoms with Gasteiger partial charge in [-0.05, 0) is 18.6 Å². The molecule has 6 nitrogen and oxygen atoms in total. The van der Waals surface area contributed by atoms with Crippen molar-refractivity contribution in [3.8, 4) is 17.2 Å². The first-order chi connectivity index (χ1) is 10.3. The third-order valence-electron chi connectivity index (χ3n) is 3.05. The molecule has 1 aromatic carbocycles. The van der Waals surface area contributed by atoms with Gasteiger partial charge in [0.25, 0.3) is 0 Å². The van der Waals surface area contributed by atoms with Crippen molar-refractivity contribution in [2.24, 2.45) is 4.99 Å². The van der Waals surface area contributed by atoms with Gasteiger partial charge in [0, 0.05) is 19.7 Å². The molecule has 0 fully saturated rings.